The van der Waals surface area contributed by atoms with Crippen LogP contribution in [0.15, 0.2) is 11.1 Å². The molecule has 80 valence electrons. The van der Waals surface area contributed by atoms with Gasteiger partial charge in [-0.25, -0.2) is 4.98 Å². The third kappa shape index (κ3) is 1.57. The molecule has 3 N–H and O–H groups in total. The zero-order chi connectivity index (χ0) is 10.8. The van der Waals surface area contributed by atoms with Gasteiger partial charge in [0.1, 0.15) is 6.73 Å². The van der Waals surface area contributed by atoms with Gasteiger partial charge in [-0.2, -0.15) is 4.98 Å². The predicted octanol–water partition coefficient (Wildman–Crippen LogP) is -0.304. The van der Waals surface area contributed by atoms with Gasteiger partial charge in [-0.15, -0.1) is 0 Å². The minimum absolute atomic E-state index is 0.100. The minimum Gasteiger partial charge on any atom is -0.369 e. The number of H-pyrrole nitrogens is 1. The van der Waals surface area contributed by atoms with Crippen molar-refractivity contribution in [2.45, 2.75) is 13.7 Å². The Balaban J connectivity index is 2.57. The van der Waals surface area contributed by atoms with Gasteiger partial charge < -0.3 is 15.5 Å². The summed E-state index contributed by atoms with van der Waals surface area (Å²) in [7, 11) is 0. The molecular formula is C8H11N5O2. The molecule has 0 bridgehead atoms. The van der Waals surface area contributed by atoms with Crippen LogP contribution in [-0.2, 0) is 11.5 Å². The third-order valence-electron chi connectivity index (χ3n) is 2.00. The zero-order valence-corrected chi connectivity index (χ0v) is 8.23. The van der Waals surface area contributed by atoms with Crippen molar-refractivity contribution in [2.75, 3.05) is 12.3 Å². The molecule has 0 radical (unpaired) electrons. The van der Waals surface area contributed by atoms with Crippen molar-refractivity contribution < 1.29 is 4.74 Å². The number of aromatic amines is 1. The summed E-state index contributed by atoms with van der Waals surface area (Å²) in [6.45, 7) is 2.44. The second kappa shape index (κ2) is 3.70. The molecule has 0 saturated carbocycles. The van der Waals surface area contributed by atoms with E-state index in [-0.39, 0.29) is 18.2 Å². The molecule has 7 heteroatoms. The van der Waals surface area contributed by atoms with E-state index in [1.54, 1.807) is 0 Å². The molecule has 0 unspecified atom stereocenters. The number of rotatable bonds is 3. The van der Waals surface area contributed by atoms with Gasteiger partial charge in [0, 0.05) is 6.61 Å². The lowest BCUT2D eigenvalue weighted by atomic mass is 10.5. The first-order chi connectivity index (χ1) is 7.24. The summed E-state index contributed by atoms with van der Waals surface area (Å²) in [5, 5.41) is 0. The summed E-state index contributed by atoms with van der Waals surface area (Å²) < 4.78 is 6.37. The highest BCUT2D eigenvalue weighted by atomic mass is 16.5. The Bertz CT molecular complexity index is 529. The van der Waals surface area contributed by atoms with Gasteiger partial charge in [0.15, 0.2) is 11.2 Å². The van der Waals surface area contributed by atoms with Crippen LogP contribution in [-0.4, -0.2) is 26.1 Å². The Hall–Kier alpha value is -1.89. The topological polar surface area (TPSA) is 98.8 Å². The minimum atomic E-state index is -0.275. The molecule has 0 aliphatic rings. The maximum absolute atomic E-state index is 11.8. The maximum atomic E-state index is 11.8. The van der Waals surface area contributed by atoms with Crippen molar-refractivity contribution in [1.82, 2.24) is 19.5 Å². The normalized spacial score (nSPS) is 11.0. The van der Waals surface area contributed by atoms with E-state index in [2.05, 4.69) is 15.0 Å². The predicted molar refractivity (Wildman–Crippen MR) is 54.2 cm³/mol. The Kier molecular flexibility index (Phi) is 2.38. The molecule has 0 aliphatic carbocycles. The van der Waals surface area contributed by atoms with Crippen LogP contribution in [0.5, 0.6) is 0 Å². The second-order valence-electron chi connectivity index (χ2n) is 2.93. The van der Waals surface area contributed by atoms with Crippen LogP contribution in [0.2, 0.25) is 0 Å². The van der Waals surface area contributed by atoms with Crippen LogP contribution < -0.4 is 11.3 Å². The van der Waals surface area contributed by atoms with Gasteiger partial charge in [-0.1, -0.05) is 0 Å². The van der Waals surface area contributed by atoms with Gasteiger partial charge in [0.25, 0.3) is 5.56 Å². The number of ether oxygens (including phenoxy) is 1. The fourth-order valence-corrected chi connectivity index (χ4v) is 1.24. The Morgan fingerprint density at radius 2 is 2.47 bits per heavy atom. The molecule has 15 heavy (non-hydrogen) atoms. The molecule has 0 aliphatic heterocycles. The van der Waals surface area contributed by atoms with Crippen LogP contribution in [0.4, 0.5) is 5.95 Å². The van der Waals surface area contributed by atoms with Crippen LogP contribution >= 0.6 is 0 Å². The van der Waals surface area contributed by atoms with Gasteiger partial charge in [0.2, 0.25) is 5.95 Å². The van der Waals surface area contributed by atoms with Gasteiger partial charge in [-0.3, -0.25) is 9.36 Å². The first-order valence-electron chi connectivity index (χ1n) is 4.51. The van der Waals surface area contributed by atoms with Gasteiger partial charge in [0.05, 0.1) is 6.33 Å². The molecule has 0 amide bonds. The highest BCUT2D eigenvalue weighted by Crippen LogP contribution is 2.03. The molecular weight excluding hydrogens is 198 g/mol. The molecule has 7 nitrogen and oxygen atoms in total. The maximum Gasteiger partial charge on any atom is 0.282 e. The highest BCUT2D eigenvalue weighted by Gasteiger charge is 2.09. The number of aromatic nitrogens is 4. The first-order valence-corrected chi connectivity index (χ1v) is 4.51. The number of nitrogens with zero attached hydrogens (tertiary/aromatic N) is 3. The fourth-order valence-electron chi connectivity index (χ4n) is 1.24. The molecule has 0 atom stereocenters. The second-order valence-corrected chi connectivity index (χ2v) is 2.93. The summed E-state index contributed by atoms with van der Waals surface area (Å²) in [4.78, 5) is 22.4. The lowest BCUT2D eigenvalue weighted by molar-refractivity contribution is 0.0867. The molecule has 0 spiro atoms. The lowest BCUT2D eigenvalue weighted by Gasteiger charge is -2.07. The number of fused-ring (bicyclic) bond motifs is 1. The summed E-state index contributed by atoms with van der Waals surface area (Å²) in [5.74, 6) is 0.105. The standard InChI is InChI=1S/C8H11N5O2/c1-2-15-4-13-7(14)5-6(11-3-10-5)12-8(13)9/h3H,2,4H2,1H3,(H2,9,12)(H,10,11). The van der Waals surface area contributed by atoms with Crippen molar-refractivity contribution in [1.29, 1.82) is 0 Å². The number of imidazole rings is 1. The summed E-state index contributed by atoms with van der Waals surface area (Å²) in [6.07, 6.45) is 1.41. The molecule has 0 saturated heterocycles. The number of nitrogens with one attached hydrogen (secondary N) is 1. The molecule has 2 aromatic rings. The van der Waals surface area contributed by atoms with Crippen molar-refractivity contribution in [2.24, 2.45) is 0 Å². The largest absolute Gasteiger partial charge is 0.369 e. The van der Waals surface area contributed by atoms with Gasteiger partial charge in [-0.05, 0) is 6.92 Å². The third-order valence-corrected chi connectivity index (χ3v) is 2.00. The Morgan fingerprint density at radius 1 is 1.67 bits per heavy atom. The summed E-state index contributed by atoms with van der Waals surface area (Å²) >= 11 is 0. The number of anilines is 1. The average molecular weight is 209 g/mol. The monoisotopic (exact) mass is 209 g/mol. The molecule has 2 rings (SSSR count). The molecule has 0 fully saturated rings. The van der Waals surface area contributed by atoms with Crippen LogP contribution in [0, 0.1) is 0 Å². The Labute approximate surface area is 84.9 Å². The van der Waals surface area contributed by atoms with Crippen molar-refractivity contribution in [3.63, 3.8) is 0 Å². The van der Waals surface area contributed by atoms with E-state index in [0.29, 0.717) is 17.8 Å². The molecule has 0 aromatic carbocycles. The van der Waals surface area contributed by atoms with Crippen molar-refractivity contribution in [3.8, 4) is 0 Å². The Morgan fingerprint density at radius 3 is 3.20 bits per heavy atom. The van der Waals surface area contributed by atoms with Crippen molar-refractivity contribution in [3.05, 3.63) is 16.7 Å². The smallest absolute Gasteiger partial charge is 0.282 e. The fraction of sp³-hybridized carbons (Fsp3) is 0.375. The zero-order valence-electron chi connectivity index (χ0n) is 8.23. The number of nitrogens with two attached hydrogens (primary N) is 1. The highest BCUT2D eigenvalue weighted by molar-refractivity contribution is 5.69. The van der Waals surface area contributed by atoms with E-state index < -0.39 is 0 Å². The van der Waals surface area contributed by atoms with Gasteiger partial charge >= 0.3 is 0 Å². The van der Waals surface area contributed by atoms with Crippen LogP contribution in [0.3, 0.4) is 0 Å². The van der Waals surface area contributed by atoms with E-state index in [0.717, 1.165) is 0 Å². The summed E-state index contributed by atoms with van der Waals surface area (Å²) in [6, 6.07) is 0. The van der Waals surface area contributed by atoms with E-state index in [1.165, 1.54) is 10.9 Å². The van der Waals surface area contributed by atoms with E-state index >= 15 is 0 Å². The summed E-state index contributed by atoms with van der Waals surface area (Å²) in [5.41, 5.74) is 5.99. The average Bonchev–Trinajstić information content (AvgIpc) is 2.65. The van der Waals surface area contributed by atoms with E-state index in [9.17, 15) is 4.79 Å². The number of hydrogen-bond donors (Lipinski definition) is 2. The first kappa shape index (κ1) is 9.66. The number of nitrogen functional groups attached to an aromatic ring is 1. The molecule has 2 heterocycles. The lowest BCUT2D eigenvalue weighted by Crippen LogP contribution is -2.25. The quantitative estimate of drug-likeness (QED) is 0.722. The van der Waals surface area contributed by atoms with Crippen molar-refractivity contribution >= 4 is 17.1 Å². The molecule has 2 aromatic heterocycles. The van der Waals surface area contributed by atoms with E-state index in [4.69, 9.17) is 10.5 Å². The van der Waals surface area contributed by atoms with Crippen LogP contribution in [0.1, 0.15) is 6.92 Å². The van der Waals surface area contributed by atoms with E-state index in [1.807, 2.05) is 6.92 Å². The SMILES string of the molecule is CCOCn1c(N)nc2nc[nH]c2c1=O. The number of hydrogen-bond acceptors (Lipinski definition) is 5. The van der Waals surface area contributed by atoms with Crippen LogP contribution in [0.25, 0.3) is 11.2 Å².